The Bertz CT molecular complexity index is 1470. The van der Waals surface area contributed by atoms with Crippen molar-refractivity contribution in [3.63, 3.8) is 0 Å². The Labute approximate surface area is 215 Å². The van der Waals surface area contributed by atoms with E-state index in [1.165, 1.54) is 25.3 Å². The van der Waals surface area contributed by atoms with Crippen LogP contribution in [-0.4, -0.2) is 31.4 Å². The molecule has 3 aromatic rings. The standard InChI is InChI=1S/C26H19ClN2O6S/c1-4-34-26(32)24-14(2)19(13-29)23(36-24)11-21(30)16(12-28)9-17-6-8-22(35-17)15-5-7-20(27)18(10-15)25(31)33-3/h5-10H,4,11H2,1-3H3/b16-9+. The van der Waals surface area contributed by atoms with E-state index in [1.54, 1.807) is 32.0 Å². The van der Waals surface area contributed by atoms with E-state index in [9.17, 15) is 24.9 Å². The second-order valence-corrected chi connectivity index (χ2v) is 8.86. The Kier molecular flexibility index (Phi) is 8.44. The van der Waals surface area contributed by atoms with E-state index in [0.717, 1.165) is 11.3 Å². The van der Waals surface area contributed by atoms with Crippen LogP contribution < -0.4 is 0 Å². The number of ether oxygens (including phenoxy) is 2. The number of allylic oxidation sites excluding steroid dienone is 1. The monoisotopic (exact) mass is 522 g/mol. The number of ketones is 1. The quantitative estimate of drug-likeness (QED) is 0.214. The van der Waals surface area contributed by atoms with Crippen molar-refractivity contribution in [2.24, 2.45) is 0 Å². The van der Waals surface area contributed by atoms with Gasteiger partial charge in [-0.15, -0.1) is 11.3 Å². The van der Waals surface area contributed by atoms with Gasteiger partial charge in [0.05, 0.1) is 35.4 Å². The molecule has 0 spiro atoms. The minimum absolute atomic E-state index is 0.166. The molecule has 8 nitrogen and oxygen atoms in total. The first-order valence-corrected chi connectivity index (χ1v) is 11.8. The number of benzene rings is 1. The van der Waals surface area contributed by atoms with Gasteiger partial charge in [-0.25, -0.2) is 9.59 Å². The number of carbonyl (C=O) groups excluding carboxylic acids is 3. The number of hydrogen-bond acceptors (Lipinski definition) is 9. The van der Waals surface area contributed by atoms with Gasteiger partial charge < -0.3 is 13.9 Å². The zero-order valence-corrected chi connectivity index (χ0v) is 21.1. The number of halogens is 1. The molecule has 0 bridgehead atoms. The number of Topliss-reactive ketones (excluding diaryl/α,β-unsaturated/α-hetero) is 1. The number of rotatable bonds is 8. The fourth-order valence-electron chi connectivity index (χ4n) is 3.32. The molecule has 0 amide bonds. The van der Waals surface area contributed by atoms with E-state index in [4.69, 9.17) is 25.5 Å². The van der Waals surface area contributed by atoms with Crippen molar-refractivity contribution in [3.8, 4) is 23.5 Å². The summed E-state index contributed by atoms with van der Waals surface area (Å²) in [6, 6.07) is 11.8. The Hall–Kier alpha value is -4.18. The molecule has 0 saturated carbocycles. The normalized spacial score (nSPS) is 10.9. The van der Waals surface area contributed by atoms with E-state index < -0.39 is 17.7 Å². The highest BCUT2D eigenvalue weighted by Crippen LogP contribution is 2.31. The van der Waals surface area contributed by atoms with Crippen LogP contribution in [0.5, 0.6) is 0 Å². The summed E-state index contributed by atoms with van der Waals surface area (Å²) in [7, 11) is 1.25. The third kappa shape index (κ3) is 5.55. The molecule has 36 heavy (non-hydrogen) atoms. The van der Waals surface area contributed by atoms with Crippen LogP contribution in [0, 0.1) is 29.6 Å². The third-order valence-electron chi connectivity index (χ3n) is 5.10. The van der Waals surface area contributed by atoms with Gasteiger partial charge in [-0.1, -0.05) is 11.6 Å². The molecule has 0 aliphatic carbocycles. The first kappa shape index (κ1) is 26.4. The van der Waals surface area contributed by atoms with Gasteiger partial charge in [0.15, 0.2) is 5.78 Å². The Balaban J connectivity index is 1.87. The predicted octanol–water partition coefficient (Wildman–Crippen LogP) is 5.52. The smallest absolute Gasteiger partial charge is 0.348 e. The fourth-order valence-corrected chi connectivity index (χ4v) is 4.67. The van der Waals surface area contributed by atoms with Crippen LogP contribution in [0.2, 0.25) is 5.02 Å². The molecule has 0 aliphatic rings. The molecule has 0 aliphatic heterocycles. The lowest BCUT2D eigenvalue weighted by molar-refractivity contribution is -0.114. The van der Waals surface area contributed by atoms with Crippen LogP contribution >= 0.6 is 22.9 Å². The zero-order valence-electron chi connectivity index (χ0n) is 19.5. The van der Waals surface area contributed by atoms with E-state index in [1.807, 2.05) is 12.1 Å². The largest absolute Gasteiger partial charge is 0.465 e. The highest BCUT2D eigenvalue weighted by atomic mass is 35.5. The topological polar surface area (TPSA) is 130 Å². The van der Waals surface area contributed by atoms with E-state index in [2.05, 4.69) is 0 Å². The molecule has 0 unspecified atom stereocenters. The van der Waals surface area contributed by atoms with Crippen LogP contribution in [0.3, 0.4) is 0 Å². The molecule has 2 heterocycles. The molecule has 0 N–H and O–H groups in total. The van der Waals surface area contributed by atoms with Crippen LogP contribution in [0.1, 0.15) is 48.7 Å². The molecule has 0 radical (unpaired) electrons. The second-order valence-electron chi connectivity index (χ2n) is 7.34. The number of carbonyl (C=O) groups is 3. The highest BCUT2D eigenvalue weighted by Gasteiger charge is 2.23. The molecular formula is C26H19ClN2O6S. The second kappa shape index (κ2) is 11.5. The Morgan fingerprint density at radius 2 is 1.92 bits per heavy atom. The summed E-state index contributed by atoms with van der Waals surface area (Å²) in [4.78, 5) is 37.6. The van der Waals surface area contributed by atoms with Crippen molar-refractivity contribution in [3.05, 3.63) is 73.1 Å². The number of methoxy groups -OCH3 is 1. The molecule has 0 atom stereocenters. The van der Waals surface area contributed by atoms with Crippen LogP contribution in [0.15, 0.2) is 40.3 Å². The number of esters is 2. The summed E-state index contributed by atoms with van der Waals surface area (Å²) in [6.45, 7) is 3.47. The lowest BCUT2D eigenvalue weighted by atomic mass is 10.0. The Morgan fingerprint density at radius 1 is 1.17 bits per heavy atom. The summed E-state index contributed by atoms with van der Waals surface area (Å²) in [5.74, 6) is -1.08. The van der Waals surface area contributed by atoms with Gasteiger partial charge in [0.25, 0.3) is 0 Å². The van der Waals surface area contributed by atoms with Gasteiger partial charge in [0.2, 0.25) is 0 Å². The van der Waals surface area contributed by atoms with Crippen LogP contribution in [-0.2, 0) is 20.7 Å². The lowest BCUT2D eigenvalue weighted by Crippen LogP contribution is -2.05. The van der Waals surface area contributed by atoms with E-state index in [0.29, 0.717) is 21.8 Å². The SMILES string of the molecule is CCOC(=O)c1sc(CC(=O)/C(C#N)=C/c2ccc(-c3ccc(Cl)c(C(=O)OC)c3)o2)c(C#N)c1C. The van der Waals surface area contributed by atoms with Gasteiger partial charge in [-0.05, 0) is 49.7 Å². The minimum atomic E-state index is -0.599. The number of furan rings is 1. The number of thiophene rings is 1. The van der Waals surface area contributed by atoms with Crippen molar-refractivity contribution < 1.29 is 28.3 Å². The summed E-state index contributed by atoms with van der Waals surface area (Å²) < 4.78 is 15.5. The minimum Gasteiger partial charge on any atom is -0.465 e. The third-order valence-corrected chi connectivity index (χ3v) is 6.71. The first-order chi connectivity index (χ1) is 17.2. The van der Waals surface area contributed by atoms with E-state index in [-0.39, 0.29) is 45.4 Å². The van der Waals surface area contributed by atoms with Crippen molar-refractivity contribution >= 4 is 46.7 Å². The maximum absolute atomic E-state index is 12.9. The number of nitriles is 2. The zero-order chi connectivity index (χ0) is 26.4. The predicted molar refractivity (Wildman–Crippen MR) is 133 cm³/mol. The Morgan fingerprint density at radius 3 is 2.56 bits per heavy atom. The van der Waals surface area contributed by atoms with Crippen LogP contribution in [0.4, 0.5) is 0 Å². The first-order valence-electron chi connectivity index (χ1n) is 10.6. The van der Waals surface area contributed by atoms with Gasteiger partial charge in [0.1, 0.15) is 28.5 Å². The van der Waals surface area contributed by atoms with Crippen molar-refractivity contribution in [2.75, 3.05) is 13.7 Å². The lowest BCUT2D eigenvalue weighted by Gasteiger charge is -2.04. The summed E-state index contributed by atoms with van der Waals surface area (Å²) in [5, 5.41) is 19.3. The maximum atomic E-state index is 12.9. The summed E-state index contributed by atoms with van der Waals surface area (Å²) in [6.07, 6.45) is 1.06. The molecule has 2 aromatic heterocycles. The number of nitrogens with zero attached hydrogens (tertiary/aromatic N) is 2. The molecule has 0 saturated heterocycles. The molecular weight excluding hydrogens is 504 g/mol. The molecule has 0 fully saturated rings. The highest BCUT2D eigenvalue weighted by molar-refractivity contribution is 7.14. The van der Waals surface area contributed by atoms with Crippen molar-refractivity contribution in [1.29, 1.82) is 10.5 Å². The number of hydrogen-bond donors (Lipinski definition) is 0. The molecule has 3 rings (SSSR count). The average molecular weight is 523 g/mol. The summed E-state index contributed by atoms with van der Waals surface area (Å²) in [5.41, 5.74) is 1.19. The molecule has 10 heteroatoms. The average Bonchev–Trinajstić information content (AvgIpc) is 3.46. The van der Waals surface area contributed by atoms with Crippen LogP contribution in [0.25, 0.3) is 17.4 Å². The van der Waals surface area contributed by atoms with Gasteiger partial charge in [0, 0.05) is 22.9 Å². The van der Waals surface area contributed by atoms with E-state index >= 15 is 0 Å². The molecule has 182 valence electrons. The van der Waals surface area contributed by atoms with Gasteiger partial charge in [-0.3, -0.25) is 4.79 Å². The molecule has 1 aromatic carbocycles. The van der Waals surface area contributed by atoms with Crippen molar-refractivity contribution in [1.82, 2.24) is 0 Å². The summed E-state index contributed by atoms with van der Waals surface area (Å²) >= 11 is 7.06. The van der Waals surface area contributed by atoms with Gasteiger partial charge >= 0.3 is 11.9 Å². The maximum Gasteiger partial charge on any atom is 0.348 e. The fraction of sp³-hybridized carbons (Fsp3) is 0.192. The van der Waals surface area contributed by atoms with Crippen molar-refractivity contribution in [2.45, 2.75) is 20.3 Å². The van der Waals surface area contributed by atoms with Gasteiger partial charge in [-0.2, -0.15) is 10.5 Å².